The lowest BCUT2D eigenvalue weighted by Gasteiger charge is -2.26. The molecule has 0 radical (unpaired) electrons. The van der Waals surface area contributed by atoms with Crippen LogP contribution in [0.15, 0.2) is 12.1 Å². The Bertz CT molecular complexity index is 686. The number of rotatable bonds is 6. The van der Waals surface area contributed by atoms with Gasteiger partial charge < -0.3 is 14.2 Å². The molecule has 0 saturated carbocycles. The number of ether oxygens (including phenoxy) is 3. The number of nitrogens with one attached hydrogen (secondary N) is 1. The first-order chi connectivity index (χ1) is 11.5. The molecule has 0 bridgehead atoms. The van der Waals surface area contributed by atoms with E-state index in [1.165, 1.54) is 4.31 Å². The van der Waals surface area contributed by atoms with E-state index >= 15 is 0 Å². The van der Waals surface area contributed by atoms with Gasteiger partial charge in [0.2, 0.25) is 0 Å². The Kier molecular flexibility index (Phi) is 5.29. The second-order valence-electron chi connectivity index (χ2n) is 5.97. The van der Waals surface area contributed by atoms with Crippen molar-refractivity contribution >= 4 is 10.2 Å². The van der Waals surface area contributed by atoms with Crippen LogP contribution in [-0.4, -0.2) is 51.7 Å². The minimum atomic E-state index is -3.53. The number of fused-ring (bicyclic) bond motifs is 1. The summed E-state index contributed by atoms with van der Waals surface area (Å²) < 4.78 is 45.5. The first-order valence-corrected chi connectivity index (χ1v) is 9.71. The predicted molar refractivity (Wildman–Crippen MR) is 89.6 cm³/mol. The molecule has 2 heterocycles. The molecule has 24 heavy (non-hydrogen) atoms. The van der Waals surface area contributed by atoms with E-state index in [1.807, 2.05) is 26.0 Å². The maximum absolute atomic E-state index is 12.4. The summed E-state index contributed by atoms with van der Waals surface area (Å²) in [5, 5.41) is 0. The van der Waals surface area contributed by atoms with E-state index < -0.39 is 10.2 Å². The standard InChI is InChI=1S/C16H24N2O5S/c1-3-22-15-9-13-8-12(2)23-16(13)10-14(15)11-17-24(19,20)18-4-6-21-7-5-18/h9-10,12,17H,3-8,11H2,1-2H3/t12-/m1/s1. The molecule has 1 N–H and O–H groups in total. The van der Waals surface area contributed by atoms with Crippen molar-refractivity contribution in [3.05, 3.63) is 23.3 Å². The summed E-state index contributed by atoms with van der Waals surface area (Å²) in [6, 6.07) is 3.84. The number of hydrogen-bond acceptors (Lipinski definition) is 5. The fourth-order valence-electron chi connectivity index (χ4n) is 2.96. The molecule has 134 valence electrons. The molecule has 2 aliphatic heterocycles. The molecule has 0 aliphatic carbocycles. The number of nitrogens with zero attached hydrogens (tertiary/aromatic N) is 1. The number of hydrogen-bond donors (Lipinski definition) is 1. The monoisotopic (exact) mass is 356 g/mol. The van der Waals surface area contributed by atoms with E-state index in [-0.39, 0.29) is 12.6 Å². The Balaban J connectivity index is 1.75. The van der Waals surface area contributed by atoms with Gasteiger partial charge in [-0.3, -0.25) is 0 Å². The van der Waals surface area contributed by atoms with Crippen molar-refractivity contribution in [3.63, 3.8) is 0 Å². The van der Waals surface area contributed by atoms with Gasteiger partial charge >= 0.3 is 0 Å². The summed E-state index contributed by atoms with van der Waals surface area (Å²) in [5.74, 6) is 1.52. The van der Waals surface area contributed by atoms with Crippen molar-refractivity contribution in [1.82, 2.24) is 9.03 Å². The molecular formula is C16H24N2O5S. The highest BCUT2D eigenvalue weighted by molar-refractivity contribution is 7.87. The molecule has 7 nitrogen and oxygen atoms in total. The SMILES string of the molecule is CCOc1cc2c(cc1CNS(=O)(=O)N1CCOCC1)O[C@H](C)C2. The topological polar surface area (TPSA) is 77.1 Å². The molecule has 8 heteroatoms. The molecule has 3 rings (SSSR count). The van der Waals surface area contributed by atoms with Crippen LogP contribution < -0.4 is 14.2 Å². The van der Waals surface area contributed by atoms with Crippen LogP contribution in [-0.2, 0) is 27.9 Å². The van der Waals surface area contributed by atoms with Gasteiger partial charge in [0.05, 0.1) is 19.8 Å². The van der Waals surface area contributed by atoms with Gasteiger partial charge in [0.25, 0.3) is 10.2 Å². The van der Waals surface area contributed by atoms with Crippen molar-refractivity contribution in [2.24, 2.45) is 0 Å². The van der Waals surface area contributed by atoms with E-state index in [1.54, 1.807) is 0 Å². The molecular weight excluding hydrogens is 332 g/mol. The predicted octanol–water partition coefficient (Wildman–Crippen LogP) is 1.08. The molecule has 2 aliphatic rings. The van der Waals surface area contributed by atoms with E-state index in [2.05, 4.69) is 4.72 Å². The van der Waals surface area contributed by atoms with Crippen LogP contribution in [0.5, 0.6) is 11.5 Å². The molecule has 1 saturated heterocycles. The van der Waals surface area contributed by atoms with Gasteiger partial charge in [-0.1, -0.05) is 0 Å². The van der Waals surface area contributed by atoms with Crippen LogP contribution in [0.1, 0.15) is 25.0 Å². The smallest absolute Gasteiger partial charge is 0.279 e. The van der Waals surface area contributed by atoms with Crippen molar-refractivity contribution in [3.8, 4) is 11.5 Å². The van der Waals surface area contributed by atoms with Gasteiger partial charge in [-0.05, 0) is 26.0 Å². The third-order valence-electron chi connectivity index (χ3n) is 4.13. The Hall–Kier alpha value is -1.35. The zero-order chi connectivity index (χ0) is 17.2. The highest BCUT2D eigenvalue weighted by Crippen LogP contribution is 2.35. The van der Waals surface area contributed by atoms with E-state index in [9.17, 15) is 8.42 Å². The normalized spacial score (nSPS) is 21.3. The third kappa shape index (κ3) is 3.83. The molecule has 1 aromatic rings. The summed E-state index contributed by atoms with van der Waals surface area (Å²) in [7, 11) is -3.53. The van der Waals surface area contributed by atoms with Crippen LogP contribution >= 0.6 is 0 Å². The maximum atomic E-state index is 12.4. The highest BCUT2D eigenvalue weighted by atomic mass is 32.2. The molecule has 1 atom stereocenters. The fraction of sp³-hybridized carbons (Fsp3) is 0.625. The molecule has 0 aromatic heterocycles. The lowest BCUT2D eigenvalue weighted by molar-refractivity contribution is 0.0724. The van der Waals surface area contributed by atoms with Gasteiger partial charge in [0.1, 0.15) is 17.6 Å². The number of benzene rings is 1. The molecule has 0 spiro atoms. The van der Waals surface area contributed by atoms with Crippen LogP contribution in [0.2, 0.25) is 0 Å². The first-order valence-electron chi connectivity index (χ1n) is 8.27. The average molecular weight is 356 g/mol. The van der Waals surface area contributed by atoms with Crippen molar-refractivity contribution in [1.29, 1.82) is 0 Å². The Labute approximate surface area is 143 Å². The third-order valence-corrected chi connectivity index (χ3v) is 5.69. The quantitative estimate of drug-likeness (QED) is 0.825. The van der Waals surface area contributed by atoms with Crippen molar-refractivity contribution in [2.75, 3.05) is 32.9 Å². The Morgan fingerprint density at radius 1 is 1.33 bits per heavy atom. The zero-order valence-corrected chi connectivity index (χ0v) is 14.9. The average Bonchev–Trinajstić information content (AvgIpc) is 2.93. The maximum Gasteiger partial charge on any atom is 0.279 e. The Morgan fingerprint density at radius 2 is 2.08 bits per heavy atom. The van der Waals surface area contributed by atoms with E-state index in [0.29, 0.717) is 38.7 Å². The largest absolute Gasteiger partial charge is 0.494 e. The second-order valence-corrected chi connectivity index (χ2v) is 7.73. The van der Waals surface area contributed by atoms with Gasteiger partial charge in [0.15, 0.2) is 0 Å². The molecule has 0 unspecified atom stereocenters. The lowest BCUT2D eigenvalue weighted by atomic mass is 10.1. The van der Waals surface area contributed by atoms with Crippen LogP contribution in [0.3, 0.4) is 0 Å². The van der Waals surface area contributed by atoms with Crippen molar-refractivity contribution in [2.45, 2.75) is 32.9 Å². The fourth-order valence-corrected chi connectivity index (χ4v) is 4.11. The summed E-state index contributed by atoms with van der Waals surface area (Å²) in [6.07, 6.45) is 0.976. The summed E-state index contributed by atoms with van der Waals surface area (Å²) in [4.78, 5) is 0. The number of morpholine rings is 1. The minimum absolute atomic E-state index is 0.134. The molecule has 1 fully saturated rings. The summed E-state index contributed by atoms with van der Waals surface area (Å²) >= 11 is 0. The Morgan fingerprint density at radius 3 is 2.79 bits per heavy atom. The van der Waals surface area contributed by atoms with E-state index in [0.717, 1.165) is 23.3 Å². The lowest BCUT2D eigenvalue weighted by Crippen LogP contribution is -2.46. The summed E-state index contributed by atoms with van der Waals surface area (Å²) in [5.41, 5.74) is 1.88. The van der Waals surface area contributed by atoms with Crippen molar-refractivity contribution < 1.29 is 22.6 Å². The van der Waals surface area contributed by atoms with Gasteiger partial charge in [-0.2, -0.15) is 17.4 Å². The van der Waals surface area contributed by atoms with Gasteiger partial charge in [0, 0.05) is 37.2 Å². The highest BCUT2D eigenvalue weighted by Gasteiger charge is 2.26. The molecule has 1 aromatic carbocycles. The second kappa shape index (κ2) is 7.26. The van der Waals surface area contributed by atoms with Crippen LogP contribution in [0.4, 0.5) is 0 Å². The van der Waals surface area contributed by atoms with E-state index in [4.69, 9.17) is 14.2 Å². The first kappa shape index (κ1) is 17.5. The summed E-state index contributed by atoms with van der Waals surface area (Å²) in [6.45, 7) is 6.22. The van der Waals surface area contributed by atoms with Crippen LogP contribution in [0.25, 0.3) is 0 Å². The zero-order valence-electron chi connectivity index (χ0n) is 14.1. The molecule has 0 amide bonds. The minimum Gasteiger partial charge on any atom is -0.494 e. The van der Waals surface area contributed by atoms with Gasteiger partial charge in [-0.25, -0.2) is 0 Å². The van der Waals surface area contributed by atoms with Gasteiger partial charge in [-0.15, -0.1) is 0 Å². The van der Waals surface area contributed by atoms with Crippen LogP contribution in [0, 0.1) is 0 Å².